The second kappa shape index (κ2) is 6.38. The molecular formula is C18H22N4O3. The maximum Gasteiger partial charge on any atom is 0.227 e. The monoisotopic (exact) mass is 342 g/mol. The molecule has 1 saturated heterocycles. The van der Waals surface area contributed by atoms with E-state index in [0.717, 1.165) is 18.7 Å². The number of aryl methyl sites for hydroxylation is 1. The molecule has 0 bridgehead atoms. The van der Waals surface area contributed by atoms with Crippen LogP contribution in [0.3, 0.4) is 0 Å². The van der Waals surface area contributed by atoms with Crippen molar-refractivity contribution in [2.24, 2.45) is 7.05 Å². The summed E-state index contributed by atoms with van der Waals surface area (Å²) in [5, 5.41) is 3.11. The minimum Gasteiger partial charge on any atom is -0.469 e. The molecule has 1 aliphatic heterocycles. The van der Waals surface area contributed by atoms with Gasteiger partial charge in [-0.25, -0.2) is 4.98 Å². The van der Waals surface area contributed by atoms with Crippen LogP contribution >= 0.6 is 0 Å². The van der Waals surface area contributed by atoms with Crippen LogP contribution in [0.5, 0.6) is 0 Å². The van der Waals surface area contributed by atoms with Crippen molar-refractivity contribution in [2.75, 3.05) is 0 Å². The zero-order valence-electron chi connectivity index (χ0n) is 14.2. The average Bonchev–Trinajstić information content (AvgIpc) is 3.12. The van der Waals surface area contributed by atoms with E-state index in [1.54, 1.807) is 24.6 Å². The summed E-state index contributed by atoms with van der Waals surface area (Å²) in [6.45, 7) is 0. The van der Waals surface area contributed by atoms with Crippen LogP contribution in [-0.2, 0) is 23.1 Å². The zero-order valence-corrected chi connectivity index (χ0v) is 14.2. The predicted octanol–water partition coefficient (Wildman–Crippen LogP) is 1.57. The molecule has 2 aromatic rings. The quantitative estimate of drug-likeness (QED) is 0.894. The van der Waals surface area contributed by atoms with Gasteiger partial charge >= 0.3 is 0 Å². The number of amides is 2. The van der Waals surface area contributed by atoms with Crippen LogP contribution < -0.4 is 5.32 Å². The molecule has 0 radical (unpaired) electrons. The van der Waals surface area contributed by atoms with Crippen molar-refractivity contribution >= 4 is 11.8 Å². The third-order valence-electron chi connectivity index (χ3n) is 4.96. The lowest BCUT2D eigenvalue weighted by molar-refractivity contribution is -0.140. The van der Waals surface area contributed by atoms with Gasteiger partial charge in [-0.2, -0.15) is 0 Å². The summed E-state index contributed by atoms with van der Waals surface area (Å²) in [5.74, 6) is 1.52. The summed E-state index contributed by atoms with van der Waals surface area (Å²) in [6, 6.07) is 3.49. The highest BCUT2D eigenvalue weighted by Crippen LogP contribution is 2.40. The molecule has 4 rings (SSSR count). The van der Waals surface area contributed by atoms with Gasteiger partial charge in [0.2, 0.25) is 11.8 Å². The Kier molecular flexibility index (Phi) is 4.07. The van der Waals surface area contributed by atoms with E-state index < -0.39 is 0 Å². The summed E-state index contributed by atoms with van der Waals surface area (Å²) < 4.78 is 7.19. The van der Waals surface area contributed by atoms with Gasteiger partial charge in [0.25, 0.3) is 0 Å². The highest BCUT2D eigenvalue weighted by molar-refractivity contribution is 5.81. The lowest BCUT2D eigenvalue weighted by Crippen LogP contribution is -2.53. The van der Waals surface area contributed by atoms with Crippen LogP contribution in [-0.4, -0.2) is 38.3 Å². The van der Waals surface area contributed by atoms with Gasteiger partial charge < -0.3 is 19.2 Å². The number of likely N-dealkylation sites (tertiary alicyclic amines) is 1. The van der Waals surface area contributed by atoms with Crippen LogP contribution in [0.2, 0.25) is 0 Å². The maximum absolute atomic E-state index is 12.5. The first kappa shape index (κ1) is 15.9. The van der Waals surface area contributed by atoms with E-state index in [-0.39, 0.29) is 36.4 Å². The first-order valence-corrected chi connectivity index (χ1v) is 8.73. The number of piperidine rings is 1. The number of furan rings is 1. The van der Waals surface area contributed by atoms with Crippen LogP contribution in [0.4, 0.5) is 0 Å². The molecule has 7 heteroatoms. The molecule has 0 aromatic carbocycles. The molecule has 132 valence electrons. The van der Waals surface area contributed by atoms with Crippen molar-refractivity contribution in [1.29, 1.82) is 0 Å². The fourth-order valence-electron chi connectivity index (χ4n) is 3.65. The normalized spacial score (nSPS) is 23.7. The Bertz CT molecular complexity index is 763. The first-order chi connectivity index (χ1) is 12.1. The number of carbonyl (C=O) groups is 2. The highest BCUT2D eigenvalue weighted by Gasteiger charge is 2.46. The zero-order chi connectivity index (χ0) is 17.4. The van der Waals surface area contributed by atoms with Crippen molar-refractivity contribution in [3.63, 3.8) is 0 Å². The summed E-state index contributed by atoms with van der Waals surface area (Å²) >= 11 is 0. The molecule has 2 fully saturated rings. The number of hydrogen-bond acceptors (Lipinski definition) is 4. The van der Waals surface area contributed by atoms with Crippen LogP contribution in [0.1, 0.15) is 43.3 Å². The largest absolute Gasteiger partial charge is 0.469 e. The van der Waals surface area contributed by atoms with Gasteiger partial charge in [0, 0.05) is 31.9 Å². The fraction of sp³-hybridized carbons (Fsp3) is 0.500. The summed E-state index contributed by atoms with van der Waals surface area (Å²) in [6.07, 6.45) is 8.52. The van der Waals surface area contributed by atoms with Crippen LogP contribution in [0.15, 0.2) is 35.2 Å². The van der Waals surface area contributed by atoms with Crippen LogP contribution in [0.25, 0.3) is 0 Å². The summed E-state index contributed by atoms with van der Waals surface area (Å²) in [7, 11) is 1.92. The van der Waals surface area contributed by atoms with Crippen molar-refractivity contribution in [1.82, 2.24) is 19.8 Å². The molecule has 2 aromatic heterocycles. The topological polar surface area (TPSA) is 80.4 Å². The Labute approximate surface area is 146 Å². The second-order valence-electron chi connectivity index (χ2n) is 6.84. The minimum absolute atomic E-state index is 0.0933. The van der Waals surface area contributed by atoms with Gasteiger partial charge in [0.15, 0.2) is 0 Å². The predicted molar refractivity (Wildman–Crippen MR) is 89.4 cm³/mol. The lowest BCUT2D eigenvalue weighted by Gasteiger charge is -2.41. The average molecular weight is 342 g/mol. The molecule has 2 atom stereocenters. The van der Waals surface area contributed by atoms with Gasteiger partial charge in [0.05, 0.1) is 18.7 Å². The SMILES string of the molecule is Cn1ccnc1[C@H]1[C@H](NC(=O)Cc2ccco2)CCC(=O)N1C1CC1. The fourth-order valence-corrected chi connectivity index (χ4v) is 3.65. The molecule has 3 heterocycles. The number of imidazole rings is 1. The number of nitrogens with zero attached hydrogens (tertiary/aromatic N) is 3. The highest BCUT2D eigenvalue weighted by atomic mass is 16.3. The van der Waals surface area contributed by atoms with Gasteiger partial charge in [-0.05, 0) is 31.4 Å². The maximum atomic E-state index is 12.5. The summed E-state index contributed by atoms with van der Waals surface area (Å²) in [4.78, 5) is 31.4. The Morgan fingerprint density at radius 3 is 2.88 bits per heavy atom. The molecule has 1 saturated carbocycles. The van der Waals surface area contributed by atoms with E-state index in [2.05, 4.69) is 10.3 Å². The Morgan fingerprint density at radius 2 is 2.24 bits per heavy atom. The molecule has 0 unspecified atom stereocenters. The van der Waals surface area contributed by atoms with Crippen molar-refractivity contribution in [3.8, 4) is 0 Å². The number of hydrogen-bond donors (Lipinski definition) is 1. The molecule has 1 aliphatic carbocycles. The molecule has 0 spiro atoms. The second-order valence-corrected chi connectivity index (χ2v) is 6.84. The van der Waals surface area contributed by atoms with Crippen molar-refractivity contribution in [2.45, 2.75) is 50.2 Å². The third kappa shape index (κ3) is 3.18. The molecule has 2 amide bonds. The number of aromatic nitrogens is 2. The van der Waals surface area contributed by atoms with E-state index in [4.69, 9.17) is 4.42 Å². The van der Waals surface area contributed by atoms with Gasteiger partial charge in [-0.1, -0.05) is 0 Å². The lowest BCUT2D eigenvalue weighted by atomic mass is 9.94. The first-order valence-electron chi connectivity index (χ1n) is 8.73. The molecule has 25 heavy (non-hydrogen) atoms. The van der Waals surface area contributed by atoms with E-state index in [9.17, 15) is 9.59 Å². The Hall–Kier alpha value is -2.57. The number of nitrogens with one attached hydrogen (secondary N) is 1. The minimum atomic E-state index is -0.214. The van der Waals surface area contributed by atoms with Gasteiger partial charge in [0.1, 0.15) is 17.6 Å². The standard InChI is InChI=1S/C18H22N4O3/c1-21-9-8-19-18(21)17-14(6-7-16(24)22(17)12-4-5-12)20-15(23)11-13-3-2-10-25-13/h2-3,8-10,12,14,17H,4-7,11H2,1H3,(H,20,23)/t14-,17-/m1/s1. The number of rotatable bonds is 5. The van der Waals surface area contributed by atoms with Gasteiger partial charge in [-0.3, -0.25) is 9.59 Å². The van der Waals surface area contributed by atoms with E-state index >= 15 is 0 Å². The molecule has 2 aliphatic rings. The number of carbonyl (C=O) groups excluding carboxylic acids is 2. The third-order valence-corrected chi connectivity index (χ3v) is 4.96. The molecular weight excluding hydrogens is 320 g/mol. The van der Waals surface area contributed by atoms with Gasteiger partial charge in [-0.15, -0.1) is 0 Å². The smallest absolute Gasteiger partial charge is 0.227 e. The Morgan fingerprint density at radius 1 is 1.40 bits per heavy atom. The van der Waals surface area contributed by atoms with E-state index in [1.807, 2.05) is 22.7 Å². The molecule has 1 N–H and O–H groups in total. The summed E-state index contributed by atoms with van der Waals surface area (Å²) in [5.41, 5.74) is 0. The van der Waals surface area contributed by atoms with E-state index in [1.165, 1.54) is 0 Å². The van der Waals surface area contributed by atoms with Crippen LogP contribution in [0, 0.1) is 0 Å². The molecule has 7 nitrogen and oxygen atoms in total. The van der Waals surface area contributed by atoms with E-state index in [0.29, 0.717) is 18.6 Å². The van der Waals surface area contributed by atoms with Crippen molar-refractivity contribution < 1.29 is 14.0 Å². The Balaban J connectivity index is 1.57. The van der Waals surface area contributed by atoms with Crippen molar-refractivity contribution in [3.05, 3.63) is 42.4 Å².